The molecule has 2 heterocycles. The van der Waals surface area contributed by atoms with Crippen LogP contribution in [-0.4, -0.2) is 46.7 Å². The van der Waals surface area contributed by atoms with Crippen LogP contribution in [0.3, 0.4) is 0 Å². The summed E-state index contributed by atoms with van der Waals surface area (Å²) in [5, 5.41) is 2.84. The highest BCUT2D eigenvalue weighted by Gasteiger charge is 2.47. The van der Waals surface area contributed by atoms with Crippen LogP contribution in [0.1, 0.15) is 19.3 Å². The first-order valence-electron chi connectivity index (χ1n) is 8.35. The molecule has 0 radical (unpaired) electrons. The number of anilines is 2. The van der Waals surface area contributed by atoms with Crippen LogP contribution in [-0.2, 0) is 19.7 Å². The van der Waals surface area contributed by atoms with Gasteiger partial charge in [-0.15, -0.1) is 0 Å². The molecule has 1 saturated carbocycles. The van der Waals surface area contributed by atoms with Gasteiger partial charge in [-0.05, 0) is 31.4 Å². The molecule has 1 aromatic rings. The van der Waals surface area contributed by atoms with Crippen molar-refractivity contribution in [1.82, 2.24) is 5.32 Å². The van der Waals surface area contributed by atoms with Gasteiger partial charge in [0.25, 0.3) is 0 Å². The van der Waals surface area contributed by atoms with E-state index < -0.39 is 10.2 Å². The second-order valence-electron chi connectivity index (χ2n) is 6.45. The lowest BCUT2D eigenvalue weighted by Crippen LogP contribution is -2.43. The summed E-state index contributed by atoms with van der Waals surface area (Å²) in [5.74, 6) is -0.174. The van der Waals surface area contributed by atoms with Gasteiger partial charge in [-0.25, -0.2) is 8.61 Å². The summed E-state index contributed by atoms with van der Waals surface area (Å²) in [5.41, 5.74) is 1.44. The Balaban J connectivity index is 1.47. The number of nitrogens with zero attached hydrogens (tertiary/aromatic N) is 2. The highest BCUT2D eigenvalue weighted by molar-refractivity contribution is 7.94. The number of carbonyl (C=O) groups excluding carboxylic acids is 1. The second-order valence-corrected chi connectivity index (χ2v) is 8.18. The van der Waals surface area contributed by atoms with Gasteiger partial charge >= 0.3 is 10.2 Å². The molecule has 1 aromatic carbocycles. The fourth-order valence-corrected chi connectivity index (χ4v) is 5.24. The van der Waals surface area contributed by atoms with Crippen LogP contribution >= 0.6 is 0 Å². The Labute approximate surface area is 141 Å². The third kappa shape index (κ3) is 2.63. The van der Waals surface area contributed by atoms with Gasteiger partial charge in [-0.3, -0.25) is 4.79 Å². The number of para-hydroxylation sites is 2. The number of benzene rings is 1. The topological polar surface area (TPSA) is 79.0 Å². The molecule has 3 aliphatic rings. The number of amides is 1. The van der Waals surface area contributed by atoms with Gasteiger partial charge in [0.1, 0.15) is 0 Å². The quantitative estimate of drug-likeness (QED) is 0.854. The lowest BCUT2D eigenvalue weighted by molar-refractivity contribution is -0.124. The molecule has 2 fully saturated rings. The normalized spacial score (nSPS) is 24.9. The van der Waals surface area contributed by atoms with Crippen molar-refractivity contribution in [3.63, 3.8) is 0 Å². The highest BCUT2D eigenvalue weighted by atomic mass is 32.2. The molecule has 1 unspecified atom stereocenters. The van der Waals surface area contributed by atoms with Crippen molar-refractivity contribution in [3.8, 4) is 0 Å². The summed E-state index contributed by atoms with van der Waals surface area (Å²) in [6, 6.07) is 7.44. The minimum atomic E-state index is -3.55. The van der Waals surface area contributed by atoms with Crippen LogP contribution in [0, 0.1) is 5.92 Å². The third-order valence-corrected chi connectivity index (χ3v) is 6.64. The van der Waals surface area contributed by atoms with Crippen molar-refractivity contribution in [2.24, 2.45) is 5.92 Å². The molecular formula is C16H21N3O4S. The number of rotatable bonds is 5. The van der Waals surface area contributed by atoms with E-state index in [2.05, 4.69) is 5.32 Å². The first kappa shape index (κ1) is 15.7. The van der Waals surface area contributed by atoms with Crippen LogP contribution in [0.2, 0.25) is 0 Å². The van der Waals surface area contributed by atoms with Crippen LogP contribution in [0.25, 0.3) is 0 Å². The average molecular weight is 351 g/mol. The van der Waals surface area contributed by atoms with Gasteiger partial charge in [0, 0.05) is 19.2 Å². The molecular weight excluding hydrogens is 330 g/mol. The summed E-state index contributed by atoms with van der Waals surface area (Å²) in [4.78, 5) is 12.0. The number of ether oxygens (including phenoxy) is 1. The second kappa shape index (κ2) is 5.93. The molecule has 1 atom stereocenters. The molecule has 4 rings (SSSR count). The van der Waals surface area contributed by atoms with Crippen molar-refractivity contribution in [1.29, 1.82) is 0 Å². The first-order chi connectivity index (χ1) is 11.6. The largest absolute Gasteiger partial charge is 0.381 e. The Morgan fingerprint density at radius 3 is 2.62 bits per heavy atom. The lowest BCUT2D eigenvalue weighted by atomic mass is 10.1. The third-order valence-electron chi connectivity index (χ3n) is 4.71. The molecule has 8 heteroatoms. The zero-order valence-corrected chi connectivity index (χ0v) is 14.2. The monoisotopic (exact) mass is 351 g/mol. The van der Waals surface area contributed by atoms with Crippen LogP contribution in [0.5, 0.6) is 0 Å². The Morgan fingerprint density at radius 1 is 1.21 bits per heavy atom. The maximum Gasteiger partial charge on any atom is 0.326 e. The summed E-state index contributed by atoms with van der Waals surface area (Å²) >= 11 is 0. The van der Waals surface area contributed by atoms with Crippen molar-refractivity contribution >= 4 is 27.5 Å². The fraction of sp³-hybridized carbons (Fsp3) is 0.562. The Hall–Kier alpha value is -1.80. The summed E-state index contributed by atoms with van der Waals surface area (Å²) < 4.78 is 33.9. The number of nitrogens with one attached hydrogen (secondary N) is 1. The van der Waals surface area contributed by atoms with Crippen LogP contribution in [0.4, 0.5) is 11.4 Å². The van der Waals surface area contributed by atoms with Gasteiger partial charge < -0.3 is 10.1 Å². The van der Waals surface area contributed by atoms with Crippen molar-refractivity contribution in [2.45, 2.75) is 25.3 Å². The fourth-order valence-electron chi connectivity index (χ4n) is 3.31. The maximum absolute atomic E-state index is 12.9. The molecule has 130 valence electrons. The Bertz CT molecular complexity index is 741. The number of fused-ring (bicyclic) bond motifs is 1. The molecule has 24 heavy (non-hydrogen) atoms. The predicted molar refractivity (Wildman–Crippen MR) is 90.1 cm³/mol. The van der Waals surface area contributed by atoms with Crippen molar-refractivity contribution in [3.05, 3.63) is 24.3 Å². The van der Waals surface area contributed by atoms with Gasteiger partial charge in [0.2, 0.25) is 5.91 Å². The Kier molecular flexibility index (Phi) is 3.88. The molecule has 1 N–H and O–H groups in total. The van der Waals surface area contributed by atoms with E-state index in [9.17, 15) is 13.2 Å². The maximum atomic E-state index is 12.9. The van der Waals surface area contributed by atoms with Gasteiger partial charge in [-0.2, -0.15) is 8.42 Å². The standard InChI is InChI=1S/C16H21N3O4S/c20-16(12-7-10-23-11-12)17-8-9-18-14-3-1-2-4-15(14)19(13-5-6-13)24(18,21)22/h1-4,12-13H,5-11H2,(H,17,20). The van der Waals surface area contributed by atoms with E-state index in [-0.39, 0.29) is 24.4 Å². The molecule has 2 aliphatic heterocycles. The summed E-state index contributed by atoms with van der Waals surface area (Å²) in [6.45, 7) is 1.59. The SMILES string of the molecule is O=C(NCCN1c2ccccc2N(C2CC2)S1(=O)=O)C1CCOC1. The average Bonchev–Trinajstić information content (AvgIpc) is 3.16. The van der Waals surface area contributed by atoms with Crippen molar-refractivity contribution < 1.29 is 17.9 Å². The molecule has 1 aliphatic carbocycles. The van der Waals surface area contributed by atoms with E-state index in [1.54, 1.807) is 0 Å². The molecule has 0 spiro atoms. The molecule has 0 bridgehead atoms. The molecule has 1 amide bonds. The summed E-state index contributed by atoms with van der Waals surface area (Å²) in [6.07, 6.45) is 2.53. The molecule has 0 aromatic heterocycles. The molecule has 1 saturated heterocycles. The van der Waals surface area contributed by atoms with E-state index in [0.29, 0.717) is 25.4 Å². The smallest absolute Gasteiger partial charge is 0.326 e. The minimum absolute atomic E-state index is 0.0589. The summed E-state index contributed by atoms with van der Waals surface area (Å²) in [7, 11) is -3.55. The minimum Gasteiger partial charge on any atom is -0.381 e. The number of hydrogen-bond acceptors (Lipinski definition) is 4. The van der Waals surface area contributed by atoms with E-state index in [0.717, 1.165) is 24.9 Å². The Morgan fingerprint density at radius 2 is 1.96 bits per heavy atom. The first-order valence-corrected chi connectivity index (χ1v) is 9.75. The number of carbonyl (C=O) groups is 1. The highest BCUT2D eigenvalue weighted by Crippen LogP contribution is 2.46. The lowest BCUT2D eigenvalue weighted by Gasteiger charge is -2.22. The van der Waals surface area contributed by atoms with Gasteiger partial charge in [0.15, 0.2) is 0 Å². The van der Waals surface area contributed by atoms with Gasteiger partial charge in [0.05, 0.1) is 30.4 Å². The van der Waals surface area contributed by atoms with Crippen LogP contribution < -0.4 is 13.9 Å². The number of hydrogen-bond donors (Lipinski definition) is 1. The van der Waals surface area contributed by atoms with E-state index in [1.807, 2.05) is 24.3 Å². The van der Waals surface area contributed by atoms with Crippen LogP contribution in [0.15, 0.2) is 24.3 Å². The van der Waals surface area contributed by atoms with E-state index in [1.165, 1.54) is 8.61 Å². The van der Waals surface area contributed by atoms with E-state index >= 15 is 0 Å². The van der Waals surface area contributed by atoms with Gasteiger partial charge in [-0.1, -0.05) is 12.1 Å². The van der Waals surface area contributed by atoms with Crippen molar-refractivity contribution in [2.75, 3.05) is 34.9 Å². The zero-order chi connectivity index (χ0) is 16.7. The predicted octanol–water partition coefficient (Wildman–Crippen LogP) is 0.873. The van der Waals surface area contributed by atoms with E-state index in [4.69, 9.17) is 4.74 Å². The molecule has 7 nitrogen and oxygen atoms in total. The zero-order valence-electron chi connectivity index (χ0n) is 13.3.